The zero-order valence-electron chi connectivity index (χ0n) is 13.0. The minimum Gasteiger partial charge on any atom is -0.493 e. The summed E-state index contributed by atoms with van der Waals surface area (Å²) in [4.78, 5) is 8.79. The summed E-state index contributed by atoms with van der Waals surface area (Å²) in [5, 5.41) is 3.34. The Balaban J connectivity index is 2.37. The Morgan fingerprint density at radius 3 is 2.67 bits per heavy atom. The molecule has 4 nitrogen and oxygen atoms in total. The van der Waals surface area contributed by atoms with Gasteiger partial charge in [-0.1, -0.05) is 26.0 Å². The van der Waals surface area contributed by atoms with Crippen LogP contribution in [0, 0.1) is 6.92 Å². The number of hydrogen-bond donors (Lipinski definition) is 1. The number of nitrogens with one attached hydrogen (secondary N) is 1. The topological polar surface area (TPSA) is 47.0 Å². The molecule has 0 amide bonds. The third kappa shape index (κ3) is 3.72. The van der Waals surface area contributed by atoms with E-state index < -0.39 is 0 Å². The molecule has 0 aliphatic rings. The van der Waals surface area contributed by atoms with Gasteiger partial charge in [-0.15, -0.1) is 0 Å². The van der Waals surface area contributed by atoms with Crippen molar-refractivity contribution in [3.63, 3.8) is 0 Å². The van der Waals surface area contributed by atoms with Crippen molar-refractivity contribution >= 4 is 5.82 Å². The number of hydrogen-bond acceptors (Lipinski definition) is 4. The standard InChI is InChI=1S/C17H23N3O/c1-4-10-18-17-13(3)16(19-12-20-17)14-8-6-7-9-15(14)21-11-5-2/h6-9,12H,4-5,10-11H2,1-3H3,(H,18,19,20). The van der Waals surface area contributed by atoms with Gasteiger partial charge in [-0.2, -0.15) is 0 Å². The highest BCUT2D eigenvalue weighted by atomic mass is 16.5. The molecule has 0 bridgehead atoms. The highest BCUT2D eigenvalue weighted by molar-refractivity contribution is 5.73. The molecular formula is C17H23N3O. The molecule has 0 saturated heterocycles. The van der Waals surface area contributed by atoms with Crippen LogP contribution in [0.3, 0.4) is 0 Å². The van der Waals surface area contributed by atoms with Gasteiger partial charge in [-0.3, -0.25) is 0 Å². The van der Waals surface area contributed by atoms with Crippen LogP contribution in [-0.4, -0.2) is 23.1 Å². The van der Waals surface area contributed by atoms with E-state index in [1.54, 1.807) is 6.33 Å². The zero-order chi connectivity index (χ0) is 15.1. The number of nitrogens with zero attached hydrogens (tertiary/aromatic N) is 2. The fourth-order valence-corrected chi connectivity index (χ4v) is 2.14. The molecule has 0 saturated carbocycles. The van der Waals surface area contributed by atoms with Crippen molar-refractivity contribution in [1.82, 2.24) is 9.97 Å². The summed E-state index contributed by atoms with van der Waals surface area (Å²) < 4.78 is 5.84. The fraction of sp³-hybridized carbons (Fsp3) is 0.412. The molecule has 0 fully saturated rings. The van der Waals surface area contributed by atoms with Crippen molar-refractivity contribution in [2.75, 3.05) is 18.5 Å². The van der Waals surface area contributed by atoms with E-state index >= 15 is 0 Å². The van der Waals surface area contributed by atoms with Crippen LogP contribution in [0.1, 0.15) is 32.3 Å². The molecule has 1 aromatic heterocycles. The second-order valence-corrected chi connectivity index (χ2v) is 4.97. The highest BCUT2D eigenvalue weighted by Crippen LogP contribution is 2.32. The second-order valence-electron chi connectivity index (χ2n) is 4.97. The minimum absolute atomic E-state index is 0.710. The Labute approximate surface area is 126 Å². The van der Waals surface area contributed by atoms with E-state index in [-0.39, 0.29) is 0 Å². The number of aromatic nitrogens is 2. The van der Waals surface area contributed by atoms with Crippen LogP contribution in [0.2, 0.25) is 0 Å². The van der Waals surface area contributed by atoms with E-state index in [2.05, 4.69) is 29.1 Å². The predicted molar refractivity (Wildman–Crippen MR) is 86.8 cm³/mol. The summed E-state index contributed by atoms with van der Waals surface area (Å²) in [6.45, 7) is 7.90. The highest BCUT2D eigenvalue weighted by Gasteiger charge is 2.12. The molecular weight excluding hydrogens is 262 g/mol. The maximum Gasteiger partial charge on any atom is 0.132 e. The molecule has 1 N–H and O–H groups in total. The quantitative estimate of drug-likeness (QED) is 0.833. The second kappa shape index (κ2) is 7.62. The Hall–Kier alpha value is -2.10. The molecule has 0 radical (unpaired) electrons. The predicted octanol–water partition coefficient (Wildman–Crippen LogP) is 4.06. The first-order chi connectivity index (χ1) is 10.3. The van der Waals surface area contributed by atoms with Crippen molar-refractivity contribution in [2.24, 2.45) is 0 Å². The summed E-state index contributed by atoms with van der Waals surface area (Å²) in [6.07, 6.45) is 3.66. The lowest BCUT2D eigenvalue weighted by atomic mass is 10.1. The van der Waals surface area contributed by atoms with E-state index in [0.717, 1.165) is 47.8 Å². The van der Waals surface area contributed by atoms with Gasteiger partial charge < -0.3 is 10.1 Å². The van der Waals surface area contributed by atoms with Crippen LogP contribution in [0.15, 0.2) is 30.6 Å². The molecule has 0 spiro atoms. The summed E-state index contributed by atoms with van der Waals surface area (Å²) in [7, 11) is 0. The molecule has 21 heavy (non-hydrogen) atoms. The molecule has 1 aromatic carbocycles. The first-order valence-electron chi connectivity index (χ1n) is 7.55. The Morgan fingerprint density at radius 2 is 1.90 bits per heavy atom. The van der Waals surface area contributed by atoms with Crippen LogP contribution in [0.4, 0.5) is 5.82 Å². The maximum absolute atomic E-state index is 5.84. The molecule has 2 aromatic rings. The van der Waals surface area contributed by atoms with Gasteiger partial charge in [0, 0.05) is 17.7 Å². The number of benzene rings is 1. The molecule has 0 unspecified atom stereocenters. The van der Waals surface area contributed by atoms with Crippen molar-refractivity contribution in [2.45, 2.75) is 33.6 Å². The van der Waals surface area contributed by atoms with Gasteiger partial charge in [-0.25, -0.2) is 9.97 Å². The van der Waals surface area contributed by atoms with E-state index in [4.69, 9.17) is 4.74 Å². The summed E-state index contributed by atoms with van der Waals surface area (Å²) in [5.41, 5.74) is 3.00. The molecule has 1 heterocycles. The lowest BCUT2D eigenvalue weighted by Crippen LogP contribution is -2.06. The average molecular weight is 285 g/mol. The number of para-hydroxylation sites is 1. The fourth-order valence-electron chi connectivity index (χ4n) is 2.14. The first-order valence-corrected chi connectivity index (χ1v) is 7.55. The lowest BCUT2D eigenvalue weighted by molar-refractivity contribution is 0.318. The Morgan fingerprint density at radius 1 is 1.10 bits per heavy atom. The smallest absolute Gasteiger partial charge is 0.132 e. The summed E-state index contributed by atoms with van der Waals surface area (Å²) in [5.74, 6) is 1.77. The van der Waals surface area contributed by atoms with Crippen molar-refractivity contribution < 1.29 is 4.74 Å². The third-order valence-electron chi connectivity index (χ3n) is 3.23. The minimum atomic E-state index is 0.710. The third-order valence-corrected chi connectivity index (χ3v) is 3.23. The van der Waals surface area contributed by atoms with Crippen LogP contribution < -0.4 is 10.1 Å². The van der Waals surface area contributed by atoms with E-state index in [1.165, 1.54) is 0 Å². The Kier molecular flexibility index (Phi) is 5.55. The molecule has 0 atom stereocenters. The lowest BCUT2D eigenvalue weighted by Gasteiger charge is -2.14. The van der Waals surface area contributed by atoms with E-state index in [9.17, 15) is 0 Å². The van der Waals surface area contributed by atoms with Crippen molar-refractivity contribution in [3.05, 3.63) is 36.2 Å². The number of rotatable bonds is 7. The first kappa shape index (κ1) is 15.3. The average Bonchev–Trinajstić information content (AvgIpc) is 2.52. The number of anilines is 1. The molecule has 112 valence electrons. The van der Waals surface area contributed by atoms with Gasteiger partial charge in [0.05, 0.1) is 12.3 Å². The van der Waals surface area contributed by atoms with E-state index in [0.29, 0.717) is 6.61 Å². The molecule has 4 heteroatoms. The summed E-state index contributed by atoms with van der Waals surface area (Å²) >= 11 is 0. The molecule has 2 rings (SSSR count). The van der Waals surface area contributed by atoms with Gasteiger partial charge >= 0.3 is 0 Å². The van der Waals surface area contributed by atoms with Gasteiger partial charge in [0.15, 0.2) is 0 Å². The molecule has 0 aliphatic carbocycles. The van der Waals surface area contributed by atoms with Crippen molar-refractivity contribution in [1.29, 1.82) is 0 Å². The van der Waals surface area contributed by atoms with Gasteiger partial charge in [-0.05, 0) is 31.9 Å². The maximum atomic E-state index is 5.84. The monoisotopic (exact) mass is 285 g/mol. The van der Waals surface area contributed by atoms with Crippen LogP contribution >= 0.6 is 0 Å². The van der Waals surface area contributed by atoms with Gasteiger partial charge in [0.2, 0.25) is 0 Å². The van der Waals surface area contributed by atoms with Crippen molar-refractivity contribution in [3.8, 4) is 17.0 Å². The van der Waals surface area contributed by atoms with Gasteiger partial charge in [0.1, 0.15) is 17.9 Å². The van der Waals surface area contributed by atoms with Crippen LogP contribution in [-0.2, 0) is 0 Å². The summed E-state index contributed by atoms with van der Waals surface area (Å²) in [6, 6.07) is 8.03. The van der Waals surface area contributed by atoms with E-state index in [1.807, 2.05) is 31.2 Å². The Bertz CT molecular complexity index is 584. The van der Waals surface area contributed by atoms with Gasteiger partial charge in [0.25, 0.3) is 0 Å². The number of ether oxygens (including phenoxy) is 1. The SMILES string of the molecule is CCCNc1ncnc(-c2ccccc2OCCC)c1C. The molecule has 0 aliphatic heterocycles. The normalized spacial score (nSPS) is 10.4. The van der Waals surface area contributed by atoms with Crippen LogP contribution in [0.25, 0.3) is 11.3 Å². The van der Waals surface area contributed by atoms with Crippen LogP contribution in [0.5, 0.6) is 5.75 Å². The largest absolute Gasteiger partial charge is 0.493 e. The zero-order valence-corrected chi connectivity index (χ0v) is 13.0.